The van der Waals surface area contributed by atoms with Crippen LogP contribution in [0.3, 0.4) is 0 Å². The normalized spacial score (nSPS) is 17.7. The number of likely N-dealkylation sites (N-methyl/N-ethyl adjacent to an activating group) is 1. The van der Waals surface area contributed by atoms with E-state index < -0.39 is 0 Å². The number of hydrogen-bond acceptors (Lipinski definition) is 5. The van der Waals surface area contributed by atoms with Gasteiger partial charge in [-0.05, 0) is 12.1 Å². The van der Waals surface area contributed by atoms with Crippen LogP contribution in [0.1, 0.15) is 22.2 Å². The van der Waals surface area contributed by atoms with E-state index in [9.17, 15) is 9.59 Å². The van der Waals surface area contributed by atoms with E-state index in [1.807, 2.05) is 30.3 Å². The molecule has 0 bridgehead atoms. The van der Waals surface area contributed by atoms with Gasteiger partial charge >= 0.3 is 0 Å². The van der Waals surface area contributed by atoms with Gasteiger partial charge in [0.2, 0.25) is 5.91 Å². The Kier molecular flexibility index (Phi) is 5.72. The van der Waals surface area contributed by atoms with Gasteiger partial charge in [-0.15, -0.1) is 0 Å². The molecule has 1 unspecified atom stereocenters. The van der Waals surface area contributed by atoms with Crippen LogP contribution >= 0.6 is 0 Å². The predicted molar refractivity (Wildman–Crippen MR) is 104 cm³/mol. The molecule has 1 aromatic carbocycles. The Balaban J connectivity index is 1.92. The van der Waals surface area contributed by atoms with Crippen molar-refractivity contribution in [2.24, 2.45) is 0 Å². The minimum atomic E-state index is -0.271. The van der Waals surface area contributed by atoms with Gasteiger partial charge in [0, 0.05) is 46.7 Å². The lowest BCUT2D eigenvalue weighted by molar-refractivity contribution is -0.132. The maximum Gasteiger partial charge on any atom is 0.254 e. The fourth-order valence-corrected chi connectivity index (χ4v) is 3.14. The number of morpholine rings is 1. The molecule has 1 aromatic heterocycles. The Morgan fingerprint density at radius 3 is 2.63 bits per heavy atom. The number of amides is 2. The Bertz CT molecular complexity index is 850. The monoisotopic (exact) mass is 370 g/mol. The van der Waals surface area contributed by atoms with E-state index in [-0.39, 0.29) is 17.9 Å². The molecule has 1 fully saturated rings. The van der Waals surface area contributed by atoms with Crippen LogP contribution in [0.15, 0.2) is 30.3 Å². The zero-order chi connectivity index (χ0) is 19.6. The smallest absolute Gasteiger partial charge is 0.254 e. The molecular formula is C20H26N4O3. The van der Waals surface area contributed by atoms with Crippen LogP contribution in [0.25, 0.3) is 10.9 Å². The van der Waals surface area contributed by atoms with Crippen molar-refractivity contribution in [1.82, 2.24) is 19.7 Å². The summed E-state index contributed by atoms with van der Waals surface area (Å²) < 4.78 is 5.93. The topological polar surface area (TPSA) is 66.0 Å². The first kappa shape index (κ1) is 19.3. The predicted octanol–water partition coefficient (Wildman–Crippen LogP) is 1.40. The van der Waals surface area contributed by atoms with E-state index >= 15 is 0 Å². The first-order chi connectivity index (χ1) is 12.9. The molecule has 2 heterocycles. The SMILES string of the molecule is CN(C)C(=O)CN1CCOC(c2cc(C(=O)N(C)C)c3ccccc3n2)C1. The lowest BCUT2D eigenvalue weighted by atomic mass is 10.0. The van der Waals surface area contributed by atoms with Crippen molar-refractivity contribution in [3.63, 3.8) is 0 Å². The van der Waals surface area contributed by atoms with Crippen molar-refractivity contribution in [1.29, 1.82) is 0 Å². The van der Waals surface area contributed by atoms with Crippen molar-refractivity contribution in [3.8, 4) is 0 Å². The van der Waals surface area contributed by atoms with Gasteiger partial charge < -0.3 is 14.5 Å². The van der Waals surface area contributed by atoms with Gasteiger partial charge in [-0.3, -0.25) is 14.5 Å². The van der Waals surface area contributed by atoms with Gasteiger partial charge in [0.05, 0.1) is 29.9 Å². The summed E-state index contributed by atoms with van der Waals surface area (Å²) in [6.07, 6.45) is -0.271. The van der Waals surface area contributed by atoms with Gasteiger partial charge in [-0.25, -0.2) is 4.98 Å². The Morgan fingerprint density at radius 1 is 1.19 bits per heavy atom. The van der Waals surface area contributed by atoms with Gasteiger partial charge in [0.25, 0.3) is 5.91 Å². The van der Waals surface area contributed by atoms with Gasteiger partial charge in [0.15, 0.2) is 0 Å². The number of aromatic nitrogens is 1. The van der Waals surface area contributed by atoms with Crippen molar-refractivity contribution >= 4 is 22.7 Å². The molecule has 0 aliphatic carbocycles. The number of benzene rings is 1. The maximum atomic E-state index is 12.7. The molecule has 0 saturated carbocycles. The standard InChI is InChI=1S/C20H26N4O3/c1-22(2)19(25)13-24-9-10-27-18(12-24)17-11-15(20(26)23(3)4)14-7-5-6-8-16(14)21-17/h5-8,11,18H,9-10,12-13H2,1-4H3. The van der Waals surface area contributed by atoms with Crippen molar-refractivity contribution in [2.75, 3.05) is 54.4 Å². The molecule has 3 rings (SSSR count). The molecule has 0 N–H and O–H groups in total. The number of rotatable bonds is 4. The zero-order valence-corrected chi connectivity index (χ0v) is 16.3. The quantitative estimate of drug-likeness (QED) is 0.814. The molecule has 1 atom stereocenters. The fraction of sp³-hybridized carbons (Fsp3) is 0.450. The summed E-state index contributed by atoms with van der Waals surface area (Å²) in [5.74, 6) is -0.00380. The number of ether oxygens (including phenoxy) is 1. The number of para-hydroxylation sites is 1. The third-order valence-electron chi connectivity index (χ3n) is 4.71. The Morgan fingerprint density at radius 2 is 1.93 bits per heavy atom. The van der Waals surface area contributed by atoms with Gasteiger partial charge in [-0.2, -0.15) is 0 Å². The molecule has 2 amide bonds. The van der Waals surface area contributed by atoms with Crippen LogP contribution < -0.4 is 0 Å². The lowest BCUT2D eigenvalue weighted by Crippen LogP contribution is -2.44. The summed E-state index contributed by atoms with van der Waals surface area (Å²) in [4.78, 5) is 34.7. The van der Waals surface area contributed by atoms with Gasteiger partial charge in [-0.1, -0.05) is 18.2 Å². The number of hydrogen-bond donors (Lipinski definition) is 0. The first-order valence-corrected chi connectivity index (χ1v) is 9.02. The van der Waals surface area contributed by atoms with Crippen molar-refractivity contribution in [2.45, 2.75) is 6.10 Å². The van der Waals surface area contributed by atoms with E-state index in [0.29, 0.717) is 31.8 Å². The lowest BCUT2D eigenvalue weighted by Gasteiger charge is -2.33. The van der Waals surface area contributed by atoms with Crippen molar-refractivity contribution in [3.05, 3.63) is 41.6 Å². The largest absolute Gasteiger partial charge is 0.369 e. The fourth-order valence-electron chi connectivity index (χ4n) is 3.14. The molecule has 1 aliphatic rings. The van der Waals surface area contributed by atoms with Crippen LogP contribution in [0.5, 0.6) is 0 Å². The highest BCUT2D eigenvalue weighted by atomic mass is 16.5. The number of fused-ring (bicyclic) bond motifs is 1. The molecule has 0 spiro atoms. The van der Waals surface area contributed by atoms with Crippen LogP contribution in [0, 0.1) is 0 Å². The Hall–Kier alpha value is -2.51. The molecule has 0 radical (unpaired) electrons. The van der Waals surface area contributed by atoms with E-state index in [0.717, 1.165) is 16.6 Å². The highest BCUT2D eigenvalue weighted by Crippen LogP contribution is 2.26. The highest BCUT2D eigenvalue weighted by molar-refractivity contribution is 6.06. The second kappa shape index (κ2) is 8.02. The van der Waals surface area contributed by atoms with E-state index in [2.05, 4.69) is 4.90 Å². The van der Waals surface area contributed by atoms with Crippen LogP contribution in [-0.4, -0.2) is 85.9 Å². The number of carbonyl (C=O) groups excluding carboxylic acids is 2. The number of carbonyl (C=O) groups is 2. The molecule has 1 aliphatic heterocycles. The summed E-state index contributed by atoms with van der Waals surface area (Å²) in [5.41, 5.74) is 2.11. The summed E-state index contributed by atoms with van der Waals surface area (Å²) in [6.45, 7) is 2.15. The summed E-state index contributed by atoms with van der Waals surface area (Å²) in [5, 5.41) is 0.829. The first-order valence-electron chi connectivity index (χ1n) is 9.02. The third-order valence-corrected chi connectivity index (χ3v) is 4.71. The molecule has 27 heavy (non-hydrogen) atoms. The molecule has 144 valence electrons. The molecule has 7 heteroatoms. The summed E-state index contributed by atoms with van der Waals surface area (Å²) in [7, 11) is 6.99. The minimum Gasteiger partial charge on any atom is -0.369 e. The second-order valence-corrected chi connectivity index (χ2v) is 7.19. The summed E-state index contributed by atoms with van der Waals surface area (Å²) >= 11 is 0. The average molecular weight is 370 g/mol. The second-order valence-electron chi connectivity index (χ2n) is 7.19. The van der Waals surface area contributed by atoms with Crippen LogP contribution in [0.4, 0.5) is 0 Å². The van der Waals surface area contributed by atoms with Crippen LogP contribution in [-0.2, 0) is 9.53 Å². The minimum absolute atomic E-state index is 0.0607. The highest BCUT2D eigenvalue weighted by Gasteiger charge is 2.26. The van der Waals surface area contributed by atoms with Gasteiger partial charge in [0.1, 0.15) is 6.10 Å². The van der Waals surface area contributed by atoms with E-state index in [1.54, 1.807) is 38.0 Å². The van der Waals surface area contributed by atoms with E-state index in [4.69, 9.17) is 9.72 Å². The number of pyridine rings is 1. The maximum absolute atomic E-state index is 12.7. The van der Waals surface area contributed by atoms with Crippen molar-refractivity contribution < 1.29 is 14.3 Å². The molecule has 1 saturated heterocycles. The molecule has 2 aromatic rings. The van der Waals surface area contributed by atoms with E-state index in [1.165, 1.54) is 0 Å². The molecule has 7 nitrogen and oxygen atoms in total. The molecular weight excluding hydrogens is 344 g/mol. The number of nitrogens with zero attached hydrogens (tertiary/aromatic N) is 4. The Labute approximate surface area is 159 Å². The summed E-state index contributed by atoms with van der Waals surface area (Å²) in [6, 6.07) is 9.45. The zero-order valence-electron chi connectivity index (χ0n) is 16.3. The average Bonchev–Trinajstić information content (AvgIpc) is 2.66. The van der Waals surface area contributed by atoms with Crippen LogP contribution in [0.2, 0.25) is 0 Å². The third kappa shape index (κ3) is 4.26.